The Balaban J connectivity index is 2.02. The second-order valence-corrected chi connectivity index (χ2v) is 8.69. The van der Waals surface area contributed by atoms with Crippen molar-refractivity contribution in [3.8, 4) is 11.5 Å². The Morgan fingerprint density at radius 3 is 2.48 bits per heavy atom. The van der Waals surface area contributed by atoms with E-state index < -0.39 is 5.54 Å². The fourth-order valence-electron chi connectivity index (χ4n) is 3.21. The summed E-state index contributed by atoms with van der Waals surface area (Å²) in [6, 6.07) is 5.73. The molecule has 0 atom stereocenters. The predicted octanol–water partition coefficient (Wildman–Crippen LogP) is 3.16. The van der Waals surface area contributed by atoms with Crippen LogP contribution < -0.4 is 10.2 Å². The minimum Gasteiger partial charge on any atom is -0.349 e. The lowest BCUT2D eigenvalue weighted by Gasteiger charge is -2.38. The molecule has 2 aromatic rings. The van der Waals surface area contributed by atoms with Crippen molar-refractivity contribution in [3.63, 3.8) is 0 Å². The highest BCUT2D eigenvalue weighted by Crippen LogP contribution is 2.33. The van der Waals surface area contributed by atoms with Crippen molar-refractivity contribution in [1.29, 1.82) is 0 Å². The normalized spacial score (nSPS) is 14.0. The summed E-state index contributed by atoms with van der Waals surface area (Å²) in [4.78, 5) is 28.9. The molecule has 2 aromatic heterocycles. The molecule has 0 aromatic carbocycles. The number of carbonyl (C=O) groups is 1. The van der Waals surface area contributed by atoms with Crippen LogP contribution >= 0.6 is 0 Å². The quantitative estimate of drug-likeness (QED) is 0.899. The van der Waals surface area contributed by atoms with Gasteiger partial charge in [-0.25, -0.2) is 9.97 Å². The smallest absolute Gasteiger partial charge is 0.245 e. The van der Waals surface area contributed by atoms with E-state index >= 15 is 0 Å². The predicted molar refractivity (Wildman–Crippen MR) is 108 cm³/mol. The zero-order valence-electron chi connectivity index (χ0n) is 17.1. The van der Waals surface area contributed by atoms with Gasteiger partial charge < -0.3 is 10.2 Å². The van der Waals surface area contributed by atoms with Crippen LogP contribution in [0.2, 0.25) is 0 Å². The molecule has 0 aliphatic heterocycles. The number of aryl methyl sites for hydroxylation is 1. The number of rotatable bonds is 4. The van der Waals surface area contributed by atoms with E-state index in [1.54, 1.807) is 6.20 Å². The number of amides is 1. The zero-order valence-corrected chi connectivity index (χ0v) is 17.1. The van der Waals surface area contributed by atoms with E-state index in [1.807, 2.05) is 64.8 Å². The molecular formula is C21H29N5O. The third-order valence-electron chi connectivity index (χ3n) is 5.01. The Bertz CT molecular complexity index is 840. The number of pyridine rings is 1. The Labute approximate surface area is 161 Å². The van der Waals surface area contributed by atoms with Crippen LogP contribution in [0.15, 0.2) is 24.4 Å². The molecule has 6 nitrogen and oxygen atoms in total. The lowest BCUT2D eigenvalue weighted by Crippen LogP contribution is -2.58. The van der Waals surface area contributed by atoms with Gasteiger partial charge in [0.25, 0.3) is 0 Å². The summed E-state index contributed by atoms with van der Waals surface area (Å²) in [6.07, 6.45) is 4.68. The fraction of sp³-hybridized carbons (Fsp3) is 0.524. The first-order chi connectivity index (χ1) is 12.6. The Kier molecular flexibility index (Phi) is 4.93. The van der Waals surface area contributed by atoms with Gasteiger partial charge in [-0.1, -0.05) is 6.07 Å². The van der Waals surface area contributed by atoms with Crippen LogP contribution in [-0.2, 0) is 17.6 Å². The second-order valence-electron chi connectivity index (χ2n) is 8.69. The number of hydrogen-bond acceptors (Lipinski definition) is 5. The topological polar surface area (TPSA) is 71.0 Å². The van der Waals surface area contributed by atoms with Gasteiger partial charge in [0.1, 0.15) is 17.1 Å². The van der Waals surface area contributed by atoms with Crippen molar-refractivity contribution in [2.75, 3.05) is 11.9 Å². The van der Waals surface area contributed by atoms with Gasteiger partial charge in [0.2, 0.25) is 5.91 Å². The molecule has 1 N–H and O–H groups in total. The zero-order chi connectivity index (χ0) is 19.8. The summed E-state index contributed by atoms with van der Waals surface area (Å²) in [5.74, 6) is 1.42. The SMILES string of the molecule is CN(c1nc(-c2ccccn2)nc2c1CCC2)C(C)(C)C(=O)NC(C)(C)C. The molecular weight excluding hydrogens is 338 g/mol. The molecule has 0 saturated carbocycles. The van der Waals surface area contributed by atoms with Gasteiger partial charge in [-0.05, 0) is 66.0 Å². The van der Waals surface area contributed by atoms with Gasteiger partial charge in [-0.3, -0.25) is 9.78 Å². The molecule has 6 heteroatoms. The first-order valence-electron chi connectivity index (χ1n) is 9.47. The molecule has 0 saturated heterocycles. The number of nitrogens with one attached hydrogen (secondary N) is 1. The van der Waals surface area contributed by atoms with Crippen molar-refractivity contribution in [2.45, 2.75) is 65.0 Å². The first-order valence-corrected chi connectivity index (χ1v) is 9.47. The highest BCUT2D eigenvalue weighted by atomic mass is 16.2. The minimum atomic E-state index is -0.751. The molecule has 0 spiro atoms. The van der Waals surface area contributed by atoms with E-state index in [4.69, 9.17) is 9.97 Å². The molecule has 27 heavy (non-hydrogen) atoms. The van der Waals surface area contributed by atoms with Crippen LogP contribution in [0.3, 0.4) is 0 Å². The van der Waals surface area contributed by atoms with E-state index in [2.05, 4.69) is 10.3 Å². The van der Waals surface area contributed by atoms with Crippen molar-refractivity contribution in [2.24, 2.45) is 0 Å². The minimum absolute atomic E-state index is 0.0257. The fourth-order valence-corrected chi connectivity index (χ4v) is 3.21. The van der Waals surface area contributed by atoms with Crippen LogP contribution in [0.4, 0.5) is 5.82 Å². The van der Waals surface area contributed by atoms with Gasteiger partial charge in [0.15, 0.2) is 5.82 Å². The molecule has 0 bridgehead atoms. The molecule has 0 fully saturated rings. The standard InChI is InChI=1S/C21H29N5O/c1-20(2,3)25-19(27)21(4,5)26(6)18-14-10-9-12-15(14)23-17(24-18)16-11-7-8-13-22-16/h7-8,11,13H,9-10,12H2,1-6H3,(H,25,27). The van der Waals surface area contributed by atoms with Crippen molar-refractivity contribution >= 4 is 11.7 Å². The average molecular weight is 367 g/mol. The largest absolute Gasteiger partial charge is 0.349 e. The Morgan fingerprint density at radius 1 is 1.11 bits per heavy atom. The number of aromatic nitrogens is 3. The van der Waals surface area contributed by atoms with Crippen molar-refractivity contribution in [3.05, 3.63) is 35.7 Å². The maximum atomic E-state index is 12.9. The van der Waals surface area contributed by atoms with E-state index in [0.717, 1.165) is 42.0 Å². The molecule has 1 aliphatic carbocycles. The Hall–Kier alpha value is -2.50. The second kappa shape index (κ2) is 6.91. The molecule has 2 heterocycles. The first kappa shape index (κ1) is 19.3. The van der Waals surface area contributed by atoms with Gasteiger partial charge in [-0.2, -0.15) is 0 Å². The summed E-state index contributed by atoms with van der Waals surface area (Å²) in [6.45, 7) is 9.82. The van der Waals surface area contributed by atoms with Gasteiger partial charge in [-0.15, -0.1) is 0 Å². The summed E-state index contributed by atoms with van der Waals surface area (Å²) < 4.78 is 0. The third-order valence-corrected chi connectivity index (χ3v) is 5.01. The van der Waals surface area contributed by atoms with E-state index in [0.29, 0.717) is 5.82 Å². The monoisotopic (exact) mass is 367 g/mol. The van der Waals surface area contributed by atoms with Crippen molar-refractivity contribution < 1.29 is 4.79 Å². The number of carbonyl (C=O) groups excluding carboxylic acids is 1. The van der Waals surface area contributed by atoms with Crippen LogP contribution in [0.25, 0.3) is 11.5 Å². The Morgan fingerprint density at radius 2 is 1.85 bits per heavy atom. The van der Waals surface area contributed by atoms with Crippen LogP contribution in [0.5, 0.6) is 0 Å². The average Bonchev–Trinajstić information content (AvgIpc) is 3.08. The summed E-state index contributed by atoms with van der Waals surface area (Å²) >= 11 is 0. The van der Waals surface area contributed by atoms with Crippen molar-refractivity contribution in [1.82, 2.24) is 20.3 Å². The number of nitrogens with zero attached hydrogens (tertiary/aromatic N) is 4. The van der Waals surface area contributed by atoms with Gasteiger partial charge >= 0.3 is 0 Å². The molecule has 1 aliphatic rings. The van der Waals surface area contributed by atoms with E-state index in [-0.39, 0.29) is 11.4 Å². The third kappa shape index (κ3) is 3.94. The van der Waals surface area contributed by atoms with E-state index in [9.17, 15) is 4.79 Å². The maximum absolute atomic E-state index is 12.9. The lowest BCUT2D eigenvalue weighted by atomic mass is 9.98. The van der Waals surface area contributed by atoms with Crippen LogP contribution in [0, 0.1) is 0 Å². The number of anilines is 1. The van der Waals surface area contributed by atoms with Gasteiger partial charge in [0, 0.05) is 30.0 Å². The molecule has 144 valence electrons. The molecule has 3 rings (SSSR count). The lowest BCUT2D eigenvalue weighted by molar-refractivity contribution is -0.126. The number of fused-ring (bicyclic) bond motifs is 1. The van der Waals surface area contributed by atoms with Crippen LogP contribution in [-0.4, -0.2) is 39.0 Å². The number of likely N-dealkylation sites (N-methyl/N-ethyl adjacent to an activating group) is 1. The molecule has 0 unspecified atom stereocenters. The molecule has 0 radical (unpaired) electrons. The number of hydrogen-bond donors (Lipinski definition) is 1. The van der Waals surface area contributed by atoms with Crippen LogP contribution in [0.1, 0.15) is 52.3 Å². The summed E-state index contributed by atoms with van der Waals surface area (Å²) in [7, 11) is 1.94. The van der Waals surface area contributed by atoms with E-state index in [1.165, 1.54) is 0 Å². The maximum Gasteiger partial charge on any atom is 0.245 e. The summed E-state index contributed by atoms with van der Waals surface area (Å²) in [5.41, 5.74) is 1.92. The highest BCUT2D eigenvalue weighted by Gasteiger charge is 2.37. The highest BCUT2D eigenvalue weighted by molar-refractivity contribution is 5.89. The summed E-state index contributed by atoms with van der Waals surface area (Å²) in [5, 5.41) is 3.09. The molecule has 1 amide bonds. The van der Waals surface area contributed by atoms with Gasteiger partial charge in [0.05, 0.1) is 0 Å².